The molecule has 106 valence electrons. The zero-order valence-corrected chi connectivity index (χ0v) is 11.4. The standard InChI is InChI=1S/C11H14N6O3/c1-12-7(15-13-2)4-17-6-14-10-9(11(17)19)16(3)8(18)5-20-10/h6H,4-5H2,1-3H3. The Labute approximate surface area is 114 Å². The summed E-state index contributed by atoms with van der Waals surface area (Å²) in [5.41, 5.74) is -0.273. The summed E-state index contributed by atoms with van der Waals surface area (Å²) in [5, 5.41) is 7.42. The quantitative estimate of drug-likeness (QED) is 0.421. The fourth-order valence-corrected chi connectivity index (χ4v) is 1.73. The van der Waals surface area contributed by atoms with Gasteiger partial charge in [-0.1, -0.05) is 0 Å². The van der Waals surface area contributed by atoms with E-state index in [0.29, 0.717) is 5.84 Å². The third-order valence-corrected chi connectivity index (χ3v) is 2.81. The molecule has 9 nitrogen and oxygen atoms in total. The van der Waals surface area contributed by atoms with Gasteiger partial charge >= 0.3 is 0 Å². The molecule has 2 heterocycles. The lowest BCUT2D eigenvalue weighted by atomic mass is 10.3. The van der Waals surface area contributed by atoms with E-state index in [0.717, 1.165) is 0 Å². The van der Waals surface area contributed by atoms with Gasteiger partial charge in [0.15, 0.2) is 18.1 Å². The predicted octanol–water partition coefficient (Wildman–Crippen LogP) is -0.291. The van der Waals surface area contributed by atoms with Crippen LogP contribution in [-0.2, 0) is 11.3 Å². The molecule has 1 aliphatic rings. The van der Waals surface area contributed by atoms with E-state index in [1.54, 1.807) is 7.05 Å². The van der Waals surface area contributed by atoms with E-state index in [1.807, 2.05) is 0 Å². The van der Waals surface area contributed by atoms with Crippen LogP contribution in [0.15, 0.2) is 26.3 Å². The summed E-state index contributed by atoms with van der Waals surface area (Å²) in [5.74, 6) is 0.231. The summed E-state index contributed by atoms with van der Waals surface area (Å²) in [6.45, 7) is 0.000648. The van der Waals surface area contributed by atoms with Crippen molar-refractivity contribution >= 4 is 17.4 Å². The van der Waals surface area contributed by atoms with Crippen LogP contribution in [0.1, 0.15) is 0 Å². The molecule has 1 aliphatic heterocycles. The van der Waals surface area contributed by atoms with Crippen LogP contribution in [0.25, 0.3) is 0 Å². The lowest BCUT2D eigenvalue weighted by molar-refractivity contribution is -0.121. The number of aromatic nitrogens is 2. The Bertz CT molecular complexity index is 648. The van der Waals surface area contributed by atoms with Gasteiger partial charge < -0.3 is 9.64 Å². The zero-order valence-electron chi connectivity index (χ0n) is 11.4. The van der Waals surface area contributed by atoms with E-state index < -0.39 is 5.56 Å². The van der Waals surface area contributed by atoms with E-state index >= 15 is 0 Å². The van der Waals surface area contributed by atoms with Crippen molar-refractivity contribution in [3.05, 3.63) is 16.7 Å². The fraction of sp³-hybridized carbons (Fsp3) is 0.455. The number of nitrogens with zero attached hydrogens (tertiary/aromatic N) is 6. The second kappa shape index (κ2) is 5.59. The maximum atomic E-state index is 12.3. The van der Waals surface area contributed by atoms with Crippen molar-refractivity contribution in [2.75, 3.05) is 32.6 Å². The first-order valence-electron chi connectivity index (χ1n) is 5.82. The number of aliphatic imine (C=N–C) groups is 1. The van der Waals surface area contributed by atoms with Crippen molar-refractivity contribution < 1.29 is 9.53 Å². The van der Waals surface area contributed by atoms with Crippen LogP contribution in [-0.4, -0.2) is 49.0 Å². The molecule has 0 radical (unpaired) electrons. The molecule has 0 atom stereocenters. The second-order valence-corrected chi connectivity index (χ2v) is 4.01. The Balaban J connectivity index is 2.44. The topological polar surface area (TPSA) is 102 Å². The molecule has 0 spiro atoms. The van der Waals surface area contributed by atoms with Gasteiger partial charge in [-0.15, -0.1) is 5.11 Å². The minimum Gasteiger partial charge on any atom is -0.466 e. The maximum absolute atomic E-state index is 12.3. The molecule has 0 bridgehead atoms. The number of fused-ring (bicyclic) bond motifs is 1. The molecule has 0 saturated heterocycles. The number of azo groups is 1. The van der Waals surface area contributed by atoms with Crippen LogP contribution in [0.2, 0.25) is 0 Å². The molecule has 1 amide bonds. The summed E-state index contributed by atoms with van der Waals surface area (Å²) < 4.78 is 6.43. The number of hydrogen-bond donors (Lipinski definition) is 0. The Morgan fingerprint density at radius 2 is 2.20 bits per heavy atom. The molecule has 1 aromatic rings. The molecule has 2 rings (SSSR count). The highest BCUT2D eigenvalue weighted by molar-refractivity contribution is 5.96. The number of ether oxygens (including phenoxy) is 1. The van der Waals surface area contributed by atoms with Crippen molar-refractivity contribution in [3.63, 3.8) is 0 Å². The van der Waals surface area contributed by atoms with Gasteiger partial charge in [-0.2, -0.15) is 5.11 Å². The van der Waals surface area contributed by atoms with Crippen molar-refractivity contribution in [3.8, 4) is 5.88 Å². The molecule has 0 aromatic carbocycles. The number of likely N-dealkylation sites (N-methyl/N-ethyl adjacent to an activating group) is 1. The zero-order chi connectivity index (χ0) is 14.7. The molecular weight excluding hydrogens is 264 g/mol. The second-order valence-electron chi connectivity index (χ2n) is 4.01. The van der Waals surface area contributed by atoms with Crippen molar-refractivity contribution in [2.24, 2.45) is 15.2 Å². The molecule has 0 aliphatic carbocycles. The summed E-state index contributed by atoms with van der Waals surface area (Å²) in [4.78, 5) is 33.1. The minimum absolute atomic E-state index is 0.118. The highest BCUT2D eigenvalue weighted by Gasteiger charge is 2.27. The average Bonchev–Trinajstić information content (AvgIpc) is 2.44. The normalized spacial score (nSPS) is 15.4. The largest absolute Gasteiger partial charge is 0.466 e. The third kappa shape index (κ3) is 2.42. The van der Waals surface area contributed by atoms with E-state index in [9.17, 15) is 9.59 Å². The number of anilines is 1. The molecule has 0 saturated carbocycles. The number of carbonyl (C=O) groups excluding carboxylic acids is 1. The third-order valence-electron chi connectivity index (χ3n) is 2.81. The Kier molecular flexibility index (Phi) is 3.87. The van der Waals surface area contributed by atoms with Crippen LogP contribution in [0.4, 0.5) is 5.69 Å². The molecule has 9 heteroatoms. The van der Waals surface area contributed by atoms with Crippen molar-refractivity contribution in [2.45, 2.75) is 6.54 Å². The van der Waals surface area contributed by atoms with E-state index in [2.05, 4.69) is 20.2 Å². The van der Waals surface area contributed by atoms with Gasteiger partial charge in [0.05, 0.1) is 6.54 Å². The fourth-order valence-electron chi connectivity index (χ4n) is 1.73. The van der Waals surface area contributed by atoms with E-state index in [4.69, 9.17) is 4.74 Å². The van der Waals surface area contributed by atoms with Gasteiger partial charge in [-0.3, -0.25) is 19.1 Å². The lowest BCUT2D eigenvalue weighted by Crippen LogP contribution is -2.41. The summed E-state index contributed by atoms with van der Waals surface area (Å²) in [6.07, 6.45) is 1.33. The average molecular weight is 278 g/mol. The molecular formula is C11H14N6O3. The SMILES string of the molecule is CN=NC(Cn1cnc2c(c1=O)N(C)C(=O)CO2)=NC. The van der Waals surface area contributed by atoms with Crippen LogP contribution in [0, 0.1) is 0 Å². The number of amidine groups is 1. The van der Waals surface area contributed by atoms with Gasteiger partial charge in [-0.05, 0) is 0 Å². The Morgan fingerprint density at radius 1 is 1.45 bits per heavy atom. The number of hydrogen-bond acceptors (Lipinski definition) is 6. The summed E-state index contributed by atoms with van der Waals surface area (Å²) >= 11 is 0. The highest BCUT2D eigenvalue weighted by Crippen LogP contribution is 2.23. The smallest absolute Gasteiger partial charge is 0.281 e. The first kappa shape index (κ1) is 13.8. The van der Waals surface area contributed by atoms with Crippen LogP contribution in [0.3, 0.4) is 0 Å². The molecule has 20 heavy (non-hydrogen) atoms. The number of rotatable bonds is 2. The van der Waals surface area contributed by atoms with Gasteiger partial charge in [-0.25, -0.2) is 4.98 Å². The van der Waals surface area contributed by atoms with Crippen molar-refractivity contribution in [1.82, 2.24) is 9.55 Å². The Hall–Kier alpha value is -2.58. The highest BCUT2D eigenvalue weighted by atomic mass is 16.5. The van der Waals surface area contributed by atoms with Crippen LogP contribution >= 0.6 is 0 Å². The summed E-state index contributed by atoms with van der Waals surface area (Å²) in [6, 6.07) is 0. The van der Waals surface area contributed by atoms with Crippen LogP contribution < -0.4 is 15.2 Å². The predicted molar refractivity (Wildman–Crippen MR) is 71.5 cm³/mol. The summed E-state index contributed by atoms with van der Waals surface area (Å²) in [7, 11) is 4.58. The van der Waals surface area contributed by atoms with Gasteiger partial charge in [0.2, 0.25) is 5.88 Å². The number of amides is 1. The first-order valence-corrected chi connectivity index (χ1v) is 5.82. The minimum atomic E-state index is -0.391. The molecule has 0 unspecified atom stereocenters. The van der Waals surface area contributed by atoms with Gasteiger partial charge in [0.1, 0.15) is 6.33 Å². The lowest BCUT2D eigenvalue weighted by Gasteiger charge is -2.24. The van der Waals surface area contributed by atoms with Gasteiger partial charge in [0, 0.05) is 21.1 Å². The molecule has 0 fully saturated rings. The Morgan fingerprint density at radius 3 is 2.85 bits per heavy atom. The monoisotopic (exact) mass is 278 g/mol. The van der Waals surface area contributed by atoms with Crippen LogP contribution in [0.5, 0.6) is 5.88 Å². The molecule has 0 N–H and O–H groups in total. The first-order chi connectivity index (χ1) is 9.58. The molecule has 1 aromatic heterocycles. The van der Waals surface area contributed by atoms with Crippen molar-refractivity contribution in [1.29, 1.82) is 0 Å². The number of carbonyl (C=O) groups is 1. The van der Waals surface area contributed by atoms with E-state index in [1.165, 1.54) is 29.9 Å². The maximum Gasteiger partial charge on any atom is 0.281 e. The van der Waals surface area contributed by atoms with Gasteiger partial charge in [0.25, 0.3) is 11.5 Å². The van der Waals surface area contributed by atoms with E-state index in [-0.39, 0.29) is 30.6 Å².